The van der Waals surface area contributed by atoms with E-state index in [4.69, 9.17) is 5.73 Å². The van der Waals surface area contributed by atoms with Gasteiger partial charge in [-0.15, -0.1) is 0 Å². The van der Waals surface area contributed by atoms with Crippen molar-refractivity contribution < 1.29 is 4.39 Å². The van der Waals surface area contributed by atoms with Crippen molar-refractivity contribution in [2.45, 2.75) is 18.9 Å². The van der Waals surface area contributed by atoms with Gasteiger partial charge < -0.3 is 10.6 Å². The number of benzene rings is 1. The van der Waals surface area contributed by atoms with Crippen LogP contribution >= 0.6 is 11.8 Å². The Labute approximate surface area is 113 Å². The summed E-state index contributed by atoms with van der Waals surface area (Å²) in [5.41, 5.74) is 7.18. The van der Waals surface area contributed by atoms with E-state index < -0.39 is 0 Å². The highest BCUT2D eigenvalue weighted by Crippen LogP contribution is 2.16. The lowest BCUT2D eigenvalue weighted by Gasteiger charge is -2.21. The molecule has 1 saturated heterocycles. The van der Waals surface area contributed by atoms with Gasteiger partial charge in [0.1, 0.15) is 5.82 Å². The van der Waals surface area contributed by atoms with Crippen LogP contribution in [0.1, 0.15) is 24.4 Å². The van der Waals surface area contributed by atoms with Crippen molar-refractivity contribution in [2.75, 3.05) is 31.1 Å². The molecule has 1 unspecified atom stereocenters. The number of nitrogens with zero attached hydrogens (tertiary/aromatic N) is 1. The Balaban J connectivity index is 1.80. The molecule has 1 atom stereocenters. The molecule has 100 valence electrons. The quantitative estimate of drug-likeness (QED) is 0.910. The van der Waals surface area contributed by atoms with Crippen LogP contribution in [0.15, 0.2) is 24.3 Å². The van der Waals surface area contributed by atoms with Gasteiger partial charge in [-0.25, -0.2) is 4.39 Å². The predicted molar refractivity (Wildman–Crippen MR) is 76.3 cm³/mol. The second-order valence-electron chi connectivity index (χ2n) is 4.75. The van der Waals surface area contributed by atoms with Gasteiger partial charge in [0.2, 0.25) is 0 Å². The SMILES string of the molecule is NC(CCN1CCCSCC1)c1ccc(F)cc1. The highest BCUT2D eigenvalue weighted by atomic mass is 32.2. The summed E-state index contributed by atoms with van der Waals surface area (Å²) in [4.78, 5) is 2.49. The van der Waals surface area contributed by atoms with Crippen LogP contribution < -0.4 is 5.73 Å². The Morgan fingerprint density at radius 1 is 1.22 bits per heavy atom. The first-order chi connectivity index (χ1) is 8.75. The van der Waals surface area contributed by atoms with Crippen molar-refractivity contribution in [3.05, 3.63) is 35.6 Å². The van der Waals surface area contributed by atoms with Crippen molar-refractivity contribution in [2.24, 2.45) is 5.73 Å². The fraction of sp³-hybridized carbons (Fsp3) is 0.571. The van der Waals surface area contributed by atoms with E-state index in [-0.39, 0.29) is 11.9 Å². The first-order valence-corrected chi connectivity index (χ1v) is 7.72. The van der Waals surface area contributed by atoms with Gasteiger partial charge in [-0.05, 0) is 49.4 Å². The third-order valence-electron chi connectivity index (χ3n) is 3.37. The molecule has 0 aliphatic carbocycles. The third-order valence-corrected chi connectivity index (χ3v) is 4.42. The standard InChI is InChI=1S/C14H21FN2S/c15-13-4-2-12(3-5-13)14(16)6-8-17-7-1-10-18-11-9-17/h2-5,14H,1,6-11,16H2. The molecule has 1 heterocycles. The van der Waals surface area contributed by atoms with Crippen molar-refractivity contribution in [1.29, 1.82) is 0 Å². The first kappa shape index (κ1) is 13.8. The van der Waals surface area contributed by atoms with Gasteiger partial charge in [0.15, 0.2) is 0 Å². The van der Waals surface area contributed by atoms with Crippen LogP contribution in [0, 0.1) is 5.82 Å². The molecule has 0 amide bonds. The fourth-order valence-corrected chi connectivity index (χ4v) is 3.14. The number of rotatable bonds is 4. The van der Waals surface area contributed by atoms with Crippen LogP contribution in [-0.4, -0.2) is 36.0 Å². The largest absolute Gasteiger partial charge is 0.324 e. The molecular formula is C14H21FN2S. The van der Waals surface area contributed by atoms with E-state index in [2.05, 4.69) is 4.90 Å². The van der Waals surface area contributed by atoms with E-state index in [1.165, 1.54) is 43.1 Å². The van der Waals surface area contributed by atoms with E-state index in [1.807, 2.05) is 11.8 Å². The normalized spacial score (nSPS) is 19.4. The monoisotopic (exact) mass is 268 g/mol. The zero-order chi connectivity index (χ0) is 12.8. The molecule has 1 aromatic rings. The van der Waals surface area contributed by atoms with Crippen LogP contribution in [0.25, 0.3) is 0 Å². The lowest BCUT2D eigenvalue weighted by atomic mass is 10.0. The summed E-state index contributed by atoms with van der Waals surface area (Å²) >= 11 is 2.04. The van der Waals surface area contributed by atoms with Gasteiger partial charge in [0.05, 0.1) is 0 Å². The Kier molecular flexibility index (Phi) is 5.47. The van der Waals surface area contributed by atoms with Gasteiger partial charge in [-0.3, -0.25) is 0 Å². The van der Waals surface area contributed by atoms with Crippen LogP contribution in [0.2, 0.25) is 0 Å². The van der Waals surface area contributed by atoms with Gasteiger partial charge in [-0.1, -0.05) is 12.1 Å². The number of hydrogen-bond donors (Lipinski definition) is 1. The van der Waals surface area contributed by atoms with E-state index in [1.54, 1.807) is 12.1 Å². The van der Waals surface area contributed by atoms with Gasteiger partial charge in [0.25, 0.3) is 0 Å². The number of thioether (sulfide) groups is 1. The van der Waals surface area contributed by atoms with Crippen LogP contribution in [0.3, 0.4) is 0 Å². The van der Waals surface area contributed by atoms with Crippen LogP contribution in [0.4, 0.5) is 4.39 Å². The molecule has 2 rings (SSSR count). The maximum absolute atomic E-state index is 12.8. The van der Waals surface area contributed by atoms with Gasteiger partial charge in [0, 0.05) is 18.3 Å². The minimum Gasteiger partial charge on any atom is -0.324 e. The summed E-state index contributed by atoms with van der Waals surface area (Å²) in [7, 11) is 0. The molecule has 4 heteroatoms. The summed E-state index contributed by atoms with van der Waals surface area (Å²) < 4.78 is 12.8. The average Bonchev–Trinajstić information content (AvgIpc) is 2.65. The highest BCUT2D eigenvalue weighted by molar-refractivity contribution is 7.99. The molecule has 0 radical (unpaired) electrons. The molecular weight excluding hydrogens is 247 g/mol. The third kappa shape index (κ3) is 4.26. The topological polar surface area (TPSA) is 29.3 Å². The molecule has 0 aromatic heterocycles. The molecule has 1 aliphatic heterocycles. The Morgan fingerprint density at radius 3 is 2.78 bits per heavy atom. The Bertz CT molecular complexity index is 347. The molecule has 1 aromatic carbocycles. The van der Waals surface area contributed by atoms with Crippen LogP contribution in [-0.2, 0) is 0 Å². The molecule has 1 aliphatic rings. The zero-order valence-electron chi connectivity index (χ0n) is 10.6. The van der Waals surface area contributed by atoms with Crippen molar-refractivity contribution >= 4 is 11.8 Å². The van der Waals surface area contributed by atoms with E-state index in [0.29, 0.717) is 0 Å². The molecule has 0 bridgehead atoms. The number of hydrogen-bond acceptors (Lipinski definition) is 3. The summed E-state index contributed by atoms with van der Waals surface area (Å²) in [6.45, 7) is 3.39. The second-order valence-corrected chi connectivity index (χ2v) is 5.98. The summed E-state index contributed by atoms with van der Waals surface area (Å²) in [6.07, 6.45) is 2.22. The Hall–Kier alpha value is -0.580. The van der Waals surface area contributed by atoms with Crippen molar-refractivity contribution in [3.8, 4) is 0 Å². The maximum Gasteiger partial charge on any atom is 0.123 e. The predicted octanol–water partition coefficient (Wildman–Crippen LogP) is 2.65. The summed E-state index contributed by atoms with van der Waals surface area (Å²) in [5.74, 6) is 2.31. The van der Waals surface area contributed by atoms with Crippen molar-refractivity contribution in [1.82, 2.24) is 4.90 Å². The molecule has 18 heavy (non-hydrogen) atoms. The highest BCUT2D eigenvalue weighted by Gasteiger charge is 2.12. The van der Waals surface area contributed by atoms with Crippen molar-refractivity contribution in [3.63, 3.8) is 0 Å². The molecule has 0 saturated carbocycles. The smallest absolute Gasteiger partial charge is 0.123 e. The number of halogens is 1. The molecule has 1 fully saturated rings. The first-order valence-electron chi connectivity index (χ1n) is 6.57. The Morgan fingerprint density at radius 2 is 2.00 bits per heavy atom. The molecule has 2 nitrogen and oxygen atoms in total. The maximum atomic E-state index is 12.8. The minimum absolute atomic E-state index is 0.0153. The molecule has 0 spiro atoms. The minimum atomic E-state index is -0.199. The van der Waals surface area contributed by atoms with E-state index in [9.17, 15) is 4.39 Å². The molecule has 2 N–H and O–H groups in total. The fourth-order valence-electron chi connectivity index (χ4n) is 2.22. The zero-order valence-corrected chi connectivity index (χ0v) is 11.5. The average molecular weight is 268 g/mol. The lowest BCUT2D eigenvalue weighted by Crippen LogP contribution is -2.29. The lowest BCUT2D eigenvalue weighted by molar-refractivity contribution is 0.283. The summed E-state index contributed by atoms with van der Waals surface area (Å²) in [5, 5.41) is 0. The van der Waals surface area contributed by atoms with Crippen LogP contribution in [0.5, 0.6) is 0 Å². The van der Waals surface area contributed by atoms with E-state index >= 15 is 0 Å². The van der Waals surface area contributed by atoms with E-state index in [0.717, 1.165) is 18.5 Å². The second kappa shape index (κ2) is 7.12. The summed E-state index contributed by atoms with van der Waals surface area (Å²) in [6, 6.07) is 6.56. The van der Waals surface area contributed by atoms with Gasteiger partial charge in [-0.2, -0.15) is 11.8 Å². The number of nitrogens with two attached hydrogens (primary N) is 1. The van der Waals surface area contributed by atoms with Gasteiger partial charge >= 0.3 is 0 Å².